The minimum Gasteiger partial charge on any atom is -0.495 e. The number of thioether (sulfide) groups is 1. The Hall–Kier alpha value is -3.32. The molecule has 2 aromatic carbocycles. The van der Waals surface area contributed by atoms with E-state index in [0.29, 0.717) is 49.1 Å². The molecule has 0 fully saturated rings. The molecule has 8 nitrogen and oxygen atoms in total. The van der Waals surface area contributed by atoms with Crippen molar-refractivity contribution in [1.29, 1.82) is 5.26 Å². The van der Waals surface area contributed by atoms with E-state index in [2.05, 4.69) is 16.7 Å². The standard InChI is InChI=1S/C28H29Cl2N3O5S/c1-15-24(27(35)38-28(2,3)4)25(16-7-9-17(29)10-8-16)18(13-31)26(32-15)39-14-23(34)33-20-12-21(36-5)19(30)11-22(20)37-6/h7-12,25,32H,14H2,1-6H3,(H,33,34). The van der Waals surface area contributed by atoms with Gasteiger partial charge in [-0.25, -0.2) is 4.79 Å². The molecule has 1 aliphatic heterocycles. The van der Waals surface area contributed by atoms with Crippen LogP contribution in [0, 0.1) is 11.3 Å². The van der Waals surface area contributed by atoms with Gasteiger partial charge in [-0.3, -0.25) is 4.79 Å². The van der Waals surface area contributed by atoms with Gasteiger partial charge >= 0.3 is 5.97 Å². The molecule has 0 bridgehead atoms. The summed E-state index contributed by atoms with van der Waals surface area (Å²) < 4.78 is 16.2. The molecule has 0 saturated heterocycles. The van der Waals surface area contributed by atoms with Gasteiger partial charge in [0.25, 0.3) is 0 Å². The number of ether oxygens (including phenoxy) is 3. The minimum atomic E-state index is -0.732. The van der Waals surface area contributed by atoms with Crippen molar-refractivity contribution in [2.75, 3.05) is 25.3 Å². The van der Waals surface area contributed by atoms with Gasteiger partial charge in [0.2, 0.25) is 5.91 Å². The minimum absolute atomic E-state index is 0.0377. The zero-order valence-electron chi connectivity index (χ0n) is 22.4. The molecule has 1 atom stereocenters. The second-order valence-corrected chi connectivity index (χ2v) is 11.4. The third-order valence-electron chi connectivity index (χ3n) is 5.57. The van der Waals surface area contributed by atoms with Crippen LogP contribution in [0.25, 0.3) is 0 Å². The molecule has 206 valence electrons. The van der Waals surface area contributed by atoms with Crippen LogP contribution in [0.2, 0.25) is 10.0 Å². The molecular weight excluding hydrogens is 561 g/mol. The molecule has 0 radical (unpaired) electrons. The fourth-order valence-corrected chi connectivity index (χ4v) is 5.15. The summed E-state index contributed by atoms with van der Waals surface area (Å²) in [6.07, 6.45) is 0. The number of nitriles is 1. The zero-order chi connectivity index (χ0) is 28.9. The van der Waals surface area contributed by atoms with Crippen LogP contribution < -0.4 is 20.1 Å². The number of esters is 1. The van der Waals surface area contributed by atoms with E-state index in [1.165, 1.54) is 14.2 Å². The van der Waals surface area contributed by atoms with E-state index in [9.17, 15) is 14.9 Å². The lowest BCUT2D eigenvalue weighted by Crippen LogP contribution is -2.32. The number of anilines is 1. The maximum Gasteiger partial charge on any atom is 0.337 e. The zero-order valence-corrected chi connectivity index (χ0v) is 24.7. The molecule has 2 aromatic rings. The predicted octanol–water partition coefficient (Wildman–Crippen LogP) is 6.42. The van der Waals surface area contributed by atoms with Crippen molar-refractivity contribution in [2.24, 2.45) is 0 Å². The SMILES string of the molecule is COc1cc(NC(=O)CSC2=C(C#N)C(c3ccc(Cl)cc3)C(C(=O)OC(C)(C)C)=C(C)N2)c(OC)cc1Cl. The number of rotatable bonds is 8. The number of dihydropyridines is 1. The Morgan fingerprint density at radius 2 is 1.74 bits per heavy atom. The predicted molar refractivity (Wildman–Crippen MR) is 154 cm³/mol. The Labute approximate surface area is 242 Å². The highest BCUT2D eigenvalue weighted by Crippen LogP contribution is 2.42. The molecule has 3 rings (SSSR count). The molecule has 1 unspecified atom stereocenters. The Morgan fingerprint density at radius 3 is 2.31 bits per heavy atom. The summed E-state index contributed by atoms with van der Waals surface area (Å²) in [6, 6.07) is 12.3. The van der Waals surface area contributed by atoms with Crippen molar-refractivity contribution in [3.05, 3.63) is 73.9 Å². The van der Waals surface area contributed by atoms with Crippen LogP contribution >= 0.6 is 35.0 Å². The highest BCUT2D eigenvalue weighted by Gasteiger charge is 2.37. The van der Waals surface area contributed by atoms with Crippen molar-refractivity contribution in [1.82, 2.24) is 5.32 Å². The lowest BCUT2D eigenvalue weighted by Gasteiger charge is -2.31. The average molecular weight is 591 g/mol. The molecule has 39 heavy (non-hydrogen) atoms. The number of allylic oxidation sites excluding steroid dienone is 2. The third-order valence-corrected chi connectivity index (χ3v) is 7.13. The van der Waals surface area contributed by atoms with E-state index in [1.807, 2.05) is 0 Å². The first-order valence-electron chi connectivity index (χ1n) is 11.8. The van der Waals surface area contributed by atoms with Crippen molar-refractivity contribution in [3.63, 3.8) is 0 Å². The largest absolute Gasteiger partial charge is 0.495 e. The molecule has 0 aromatic heterocycles. The monoisotopic (exact) mass is 589 g/mol. The van der Waals surface area contributed by atoms with E-state index in [4.69, 9.17) is 37.4 Å². The van der Waals surface area contributed by atoms with Gasteiger partial charge in [-0.15, -0.1) is 0 Å². The van der Waals surface area contributed by atoms with Crippen LogP contribution in [0.1, 0.15) is 39.2 Å². The average Bonchev–Trinajstić information content (AvgIpc) is 2.87. The number of nitrogens with zero attached hydrogens (tertiary/aromatic N) is 1. The fourth-order valence-electron chi connectivity index (χ4n) is 3.90. The number of benzene rings is 2. The first-order valence-corrected chi connectivity index (χ1v) is 13.6. The molecule has 11 heteroatoms. The molecule has 0 spiro atoms. The summed E-state index contributed by atoms with van der Waals surface area (Å²) >= 11 is 13.4. The maximum atomic E-state index is 13.3. The molecule has 0 saturated carbocycles. The van der Waals surface area contributed by atoms with Crippen molar-refractivity contribution in [2.45, 2.75) is 39.2 Å². The number of amides is 1. The number of carbonyl (C=O) groups is 2. The Balaban J connectivity index is 1.92. The summed E-state index contributed by atoms with van der Waals surface area (Å²) in [7, 11) is 2.94. The van der Waals surface area contributed by atoms with E-state index >= 15 is 0 Å². The molecule has 0 aliphatic carbocycles. The van der Waals surface area contributed by atoms with Crippen LogP contribution in [0.3, 0.4) is 0 Å². The first kappa shape index (κ1) is 30.2. The lowest BCUT2D eigenvalue weighted by molar-refractivity contribution is -0.150. The van der Waals surface area contributed by atoms with Crippen LogP contribution in [-0.2, 0) is 14.3 Å². The number of methoxy groups -OCH3 is 2. The Bertz CT molecular complexity index is 1380. The van der Waals surface area contributed by atoms with Gasteiger partial charge in [-0.1, -0.05) is 47.1 Å². The van der Waals surface area contributed by atoms with Crippen molar-refractivity contribution in [3.8, 4) is 17.6 Å². The van der Waals surface area contributed by atoms with E-state index in [-0.39, 0.29) is 17.2 Å². The summed E-state index contributed by atoms with van der Waals surface area (Å²) in [4.78, 5) is 26.2. The molecule has 1 heterocycles. The number of carbonyl (C=O) groups excluding carboxylic acids is 2. The van der Waals surface area contributed by atoms with Gasteiger partial charge < -0.3 is 24.8 Å². The third kappa shape index (κ3) is 7.41. The number of hydrogen-bond acceptors (Lipinski definition) is 8. The Kier molecular flexibility index (Phi) is 9.83. The lowest BCUT2D eigenvalue weighted by atomic mass is 9.82. The van der Waals surface area contributed by atoms with Crippen molar-refractivity contribution < 1.29 is 23.8 Å². The highest BCUT2D eigenvalue weighted by molar-refractivity contribution is 8.03. The molecular formula is C28H29Cl2N3O5S. The van der Waals surface area contributed by atoms with Gasteiger partial charge in [-0.2, -0.15) is 5.26 Å². The van der Waals surface area contributed by atoms with E-state index in [1.54, 1.807) is 64.1 Å². The highest BCUT2D eigenvalue weighted by atomic mass is 35.5. The summed E-state index contributed by atoms with van der Waals surface area (Å²) in [5, 5.41) is 17.5. The van der Waals surface area contributed by atoms with Crippen LogP contribution in [0.4, 0.5) is 5.69 Å². The van der Waals surface area contributed by atoms with Gasteiger partial charge in [0.05, 0.1) is 58.8 Å². The number of hydrogen-bond donors (Lipinski definition) is 2. The van der Waals surface area contributed by atoms with Crippen LogP contribution in [-0.4, -0.2) is 37.4 Å². The number of halogens is 2. The summed E-state index contributed by atoms with van der Waals surface area (Å²) in [6.45, 7) is 7.07. The topological polar surface area (TPSA) is 110 Å². The second-order valence-electron chi connectivity index (χ2n) is 9.53. The molecule has 2 N–H and O–H groups in total. The Morgan fingerprint density at radius 1 is 1.10 bits per heavy atom. The van der Waals surface area contributed by atoms with Gasteiger partial charge in [-0.05, 0) is 45.4 Å². The summed E-state index contributed by atoms with van der Waals surface area (Å²) in [5.74, 6) is -0.887. The molecule has 1 aliphatic rings. The first-order chi connectivity index (χ1) is 18.4. The fraction of sp³-hybridized carbons (Fsp3) is 0.321. The molecule has 1 amide bonds. The summed E-state index contributed by atoms with van der Waals surface area (Å²) in [5.41, 5.74) is 1.47. The van der Waals surface area contributed by atoms with E-state index in [0.717, 1.165) is 11.8 Å². The van der Waals surface area contributed by atoms with Crippen LogP contribution in [0.15, 0.2) is 58.3 Å². The van der Waals surface area contributed by atoms with E-state index < -0.39 is 17.5 Å². The van der Waals surface area contributed by atoms with Gasteiger partial charge in [0.15, 0.2) is 0 Å². The quantitative estimate of drug-likeness (QED) is 0.339. The smallest absolute Gasteiger partial charge is 0.337 e. The van der Waals surface area contributed by atoms with Gasteiger partial charge in [0.1, 0.15) is 17.1 Å². The van der Waals surface area contributed by atoms with Crippen LogP contribution in [0.5, 0.6) is 11.5 Å². The van der Waals surface area contributed by atoms with Crippen molar-refractivity contribution >= 4 is 52.5 Å². The normalized spacial score (nSPS) is 15.3. The second kappa shape index (κ2) is 12.7. The number of nitrogens with one attached hydrogen (secondary N) is 2. The van der Waals surface area contributed by atoms with Gasteiger partial charge in [0, 0.05) is 22.9 Å². The maximum absolute atomic E-state index is 13.3.